The molecule has 0 aliphatic rings. The molecule has 2 aromatic heterocycles. The first-order chi connectivity index (χ1) is 12.6. The third kappa shape index (κ3) is 3.77. The first-order valence-corrected chi connectivity index (χ1v) is 7.61. The van der Waals surface area contributed by atoms with Gasteiger partial charge in [-0.15, -0.1) is 0 Å². The summed E-state index contributed by atoms with van der Waals surface area (Å²) in [6.07, 6.45) is 2.83. The molecule has 9 nitrogen and oxygen atoms in total. The predicted molar refractivity (Wildman–Crippen MR) is 88.7 cm³/mol. The molecule has 3 aromatic rings. The van der Waals surface area contributed by atoms with Gasteiger partial charge in [0.15, 0.2) is 23.8 Å². The zero-order valence-electron chi connectivity index (χ0n) is 14.4. The monoisotopic (exact) mass is 356 g/mol. The van der Waals surface area contributed by atoms with Crippen molar-refractivity contribution < 1.29 is 23.5 Å². The average molecular weight is 356 g/mol. The van der Waals surface area contributed by atoms with Gasteiger partial charge in [-0.2, -0.15) is 4.98 Å². The third-order valence-corrected chi connectivity index (χ3v) is 3.43. The Balaban J connectivity index is 1.68. The Bertz CT molecular complexity index is 908. The van der Waals surface area contributed by atoms with E-state index in [4.69, 9.17) is 18.7 Å². The number of rotatable bonds is 6. The molecule has 0 fully saturated rings. The van der Waals surface area contributed by atoms with E-state index in [0.717, 1.165) is 0 Å². The Kier molecular flexibility index (Phi) is 5.07. The maximum Gasteiger partial charge on any atom is 0.359 e. The van der Waals surface area contributed by atoms with Crippen LogP contribution in [0, 0.1) is 6.92 Å². The summed E-state index contributed by atoms with van der Waals surface area (Å²) >= 11 is 0. The molecule has 0 N–H and O–H groups in total. The number of nitrogens with zero attached hydrogens (tertiary/aromatic N) is 4. The number of hydrogen-bond acceptors (Lipinski definition) is 9. The van der Waals surface area contributed by atoms with Crippen molar-refractivity contribution in [1.29, 1.82) is 0 Å². The first kappa shape index (κ1) is 17.3. The highest BCUT2D eigenvalue weighted by molar-refractivity contribution is 5.86. The molecule has 0 aliphatic carbocycles. The molecule has 0 spiro atoms. The zero-order chi connectivity index (χ0) is 18.5. The second kappa shape index (κ2) is 7.60. The Hall–Kier alpha value is -3.49. The molecule has 0 aliphatic heterocycles. The van der Waals surface area contributed by atoms with Gasteiger partial charge in [-0.3, -0.25) is 4.98 Å². The van der Waals surface area contributed by atoms with Gasteiger partial charge in [0.05, 0.1) is 26.1 Å². The van der Waals surface area contributed by atoms with E-state index in [0.29, 0.717) is 28.6 Å². The van der Waals surface area contributed by atoms with Crippen LogP contribution in [-0.2, 0) is 11.3 Å². The van der Waals surface area contributed by atoms with Gasteiger partial charge in [-0.05, 0) is 25.1 Å². The zero-order valence-corrected chi connectivity index (χ0v) is 14.4. The minimum absolute atomic E-state index is 0.107. The number of carbonyl (C=O) groups is 1. The predicted octanol–water partition coefficient (Wildman–Crippen LogP) is 2.21. The van der Waals surface area contributed by atoms with Crippen molar-refractivity contribution in [2.45, 2.75) is 13.5 Å². The molecule has 0 unspecified atom stereocenters. The van der Waals surface area contributed by atoms with Gasteiger partial charge in [0, 0.05) is 11.8 Å². The Morgan fingerprint density at radius 1 is 1.12 bits per heavy atom. The quantitative estimate of drug-likeness (QED) is 0.614. The van der Waals surface area contributed by atoms with Crippen molar-refractivity contribution in [3.05, 3.63) is 47.9 Å². The van der Waals surface area contributed by atoms with Crippen molar-refractivity contribution in [2.24, 2.45) is 0 Å². The number of hydrogen-bond donors (Lipinski definition) is 0. The largest absolute Gasteiger partial charge is 0.493 e. The highest BCUT2D eigenvalue weighted by Gasteiger charge is 2.15. The fourth-order valence-corrected chi connectivity index (χ4v) is 2.11. The van der Waals surface area contributed by atoms with Crippen LogP contribution in [0.5, 0.6) is 11.5 Å². The molecular formula is C17H16N4O5. The fraction of sp³-hybridized carbons (Fsp3) is 0.235. The molecule has 0 bridgehead atoms. The summed E-state index contributed by atoms with van der Waals surface area (Å²) in [5.41, 5.74) is 1.49. The summed E-state index contributed by atoms with van der Waals surface area (Å²) < 4.78 is 20.6. The van der Waals surface area contributed by atoms with Crippen molar-refractivity contribution in [1.82, 2.24) is 20.1 Å². The maximum atomic E-state index is 11.9. The van der Waals surface area contributed by atoms with E-state index in [-0.39, 0.29) is 18.2 Å². The molecule has 2 heterocycles. The Labute approximate surface area is 148 Å². The van der Waals surface area contributed by atoms with Gasteiger partial charge in [0.1, 0.15) is 0 Å². The van der Waals surface area contributed by atoms with E-state index < -0.39 is 5.97 Å². The lowest BCUT2D eigenvalue weighted by Gasteiger charge is -2.07. The summed E-state index contributed by atoms with van der Waals surface area (Å²) in [4.78, 5) is 24.1. The average Bonchev–Trinajstić information content (AvgIpc) is 3.15. The number of carbonyl (C=O) groups excluding carboxylic acids is 1. The van der Waals surface area contributed by atoms with Gasteiger partial charge >= 0.3 is 5.97 Å². The topological polar surface area (TPSA) is 109 Å². The minimum atomic E-state index is -0.622. The lowest BCUT2D eigenvalue weighted by molar-refractivity contribution is 0.0422. The van der Waals surface area contributed by atoms with E-state index >= 15 is 0 Å². The van der Waals surface area contributed by atoms with Crippen molar-refractivity contribution in [3.63, 3.8) is 0 Å². The van der Waals surface area contributed by atoms with E-state index in [1.54, 1.807) is 32.2 Å². The van der Waals surface area contributed by atoms with E-state index in [2.05, 4.69) is 20.1 Å². The van der Waals surface area contributed by atoms with Crippen molar-refractivity contribution >= 4 is 5.97 Å². The molecule has 3 rings (SSSR count). The minimum Gasteiger partial charge on any atom is -0.493 e. The Morgan fingerprint density at radius 2 is 1.92 bits per heavy atom. The standard InChI is InChI=1S/C17H16N4O5/c1-10-7-19-12(8-18-10)17(22)25-9-15-20-16(21-26-15)11-4-5-13(23-2)14(6-11)24-3/h4-8H,9H2,1-3H3. The molecule has 9 heteroatoms. The Morgan fingerprint density at radius 3 is 2.62 bits per heavy atom. The summed E-state index contributed by atoms with van der Waals surface area (Å²) in [7, 11) is 3.09. The van der Waals surface area contributed by atoms with Gasteiger partial charge in [0.25, 0.3) is 5.89 Å². The van der Waals surface area contributed by atoms with Crippen LogP contribution in [-0.4, -0.2) is 40.3 Å². The third-order valence-electron chi connectivity index (χ3n) is 3.43. The number of ether oxygens (including phenoxy) is 3. The van der Waals surface area contributed by atoms with Crippen LogP contribution in [0.15, 0.2) is 35.1 Å². The molecule has 0 atom stereocenters. The van der Waals surface area contributed by atoms with Crippen molar-refractivity contribution in [3.8, 4) is 22.9 Å². The lowest BCUT2D eigenvalue weighted by Crippen LogP contribution is -2.08. The van der Waals surface area contributed by atoms with Gasteiger partial charge < -0.3 is 18.7 Å². The summed E-state index contributed by atoms with van der Waals surface area (Å²) in [6.45, 7) is 1.60. The molecule has 26 heavy (non-hydrogen) atoms. The lowest BCUT2D eigenvalue weighted by atomic mass is 10.2. The van der Waals surface area contributed by atoms with Crippen LogP contribution in [0.4, 0.5) is 0 Å². The van der Waals surface area contributed by atoms with E-state index in [1.165, 1.54) is 19.5 Å². The van der Waals surface area contributed by atoms with Crippen LogP contribution in [0.25, 0.3) is 11.4 Å². The van der Waals surface area contributed by atoms with E-state index in [9.17, 15) is 4.79 Å². The molecular weight excluding hydrogens is 340 g/mol. The summed E-state index contributed by atoms with van der Waals surface area (Å²) in [5.74, 6) is 1.01. The number of aryl methyl sites for hydroxylation is 1. The smallest absolute Gasteiger partial charge is 0.359 e. The van der Waals surface area contributed by atoms with Crippen LogP contribution in [0.1, 0.15) is 22.1 Å². The van der Waals surface area contributed by atoms with Crippen LogP contribution >= 0.6 is 0 Å². The molecule has 0 saturated carbocycles. The molecule has 1 aromatic carbocycles. The van der Waals surface area contributed by atoms with Gasteiger partial charge in [0.2, 0.25) is 5.82 Å². The summed E-state index contributed by atoms with van der Waals surface area (Å²) in [6, 6.07) is 5.23. The van der Waals surface area contributed by atoms with Crippen LogP contribution in [0.2, 0.25) is 0 Å². The van der Waals surface area contributed by atoms with Crippen molar-refractivity contribution in [2.75, 3.05) is 14.2 Å². The van der Waals surface area contributed by atoms with Crippen LogP contribution in [0.3, 0.4) is 0 Å². The number of esters is 1. The van der Waals surface area contributed by atoms with Gasteiger partial charge in [-0.1, -0.05) is 5.16 Å². The highest BCUT2D eigenvalue weighted by atomic mass is 16.6. The normalized spacial score (nSPS) is 10.4. The molecule has 0 radical (unpaired) electrons. The number of aromatic nitrogens is 4. The second-order valence-corrected chi connectivity index (χ2v) is 5.20. The van der Waals surface area contributed by atoms with E-state index in [1.807, 2.05) is 0 Å². The fourth-order valence-electron chi connectivity index (χ4n) is 2.11. The van der Waals surface area contributed by atoms with Crippen LogP contribution < -0.4 is 9.47 Å². The molecule has 134 valence electrons. The molecule has 0 saturated heterocycles. The number of methoxy groups -OCH3 is 2. The highest BCUT2D eigenvalue weighted by Crippen LogP contribution is 2.31. The maximum absolute atomic E-state index is 11.9. The molecule has 0 amide bonds. The van der Waals surface area contributed by atoms with Gasteiger partial charge in [-0.25, -0.2) is 9.78 Å². The first-order valence-electron chi connectivity index (χ1n) is 7.61. The number of benzene rings is 1. The SMILES string of the molecule is COc1ccc(-c2noc(COC(=O)c3cnc(C)cn3)n2)cc1OC. The summed E-state index contributed by atoms with van der Waals surface area (Å²) in [5, 5.41) is 3.88. The second-order valence-electron chi connectivity index (χ2n) is 5.20.